The quantitative estimate of drug-likeness (QED) is 0.342. The molecule has 4 heteroatoms. The molecule has 1 atom stereocenters. The summed E-state index contributed by atoms with van der Waals surface area (Å²) in [6.45, 7) is 2.11. The zero-order valence-electron chi connectivity index (χ0n) is 16.1. The molecule has 1 heterocycles. The number of benzene rings is 4. The van der Waals surface area contributed by atoms with Gasteiger partial charge in [0, 0.05) is 11.3 Å². The van der Waals surface area contributed by atoms with Crippen LogP contribution in [0.1, 0.15) is 17.3 Å². The van der Waals surface area contributed by atoms with Crippen LogP contribution in [-0.2, 0) is 0 Å². The summed E-state index contributed by atoms with van der Waals surface area (Å²) in [5.41, 5.74) is 12.0. The zero-order chi connectivity index (χ0) is 19.8. The van der Waals surface area contributed by atoms with E-state index >= 15 is 0 Å². The minimum absolute atomic E-state index is 0.280. The summed E-state index contributed by atoms with van der Waals surface area (Å²) in [6.07, 6.45) is -0.280. The van der Waals surface area contributed by atoms with Gasteiger partial charge in [0.05, 0.1) is 10.2 Å². The van der Waals surface area contributed by atoms with Gasteiger partial charge in [-0.3, -0.25) is 0 Å². The molecule has 29 heavy (non-hydrogen) atoms. The van der Waals surface area contributed by atoms with Gasteiger partial charge in [-0.15, -0.1) is 11.3 Å². The van der Waals surface area contributed by atoms with Gasteiger partial charge >= 0.3 is 0 Å². The van der Waals surface area contributed by atoms with Crippen LogP contribution in [0.3, 0.4) is 0 Å². The van der Waals surface area contributed by atoms with E-state index in [9.17, 15) is 0 Å². The smallest absolute Gasteiger partial charge is 0.124 e. The zero-order valence-corrected chi connectivity index (χ0v) is 16.9. The van der Waals surface area contributed by atoms with Crippen molar-refractivity contribution in [2.45, 2.75) is 13.1 Å². The van der Waals surface area contributed by atoms with Crippen LogP contribution >= 0.6 is 11.3 Å². The van der Waals surface area contributed by atoms with Gasteiger partial charge in [-0.1, -0.05) is 48.5 Å². The topological polar surface area (TPSA) is 50.9 Å². The van der Waals surface area contributed by atoms with E-state index < -0.39 is 0 Å². The largest absolute Gasteiger partial charge is 0.366 e. The Morgan fingerprint density at radius 2 is 1.69 bits per heavy atom. The van der Waals surface area contributed by atoms with Crippen LogP contribution in [0, 0.1) is 6.92 Å². The third kappa shape index (κ3) is 3.48. The molecule has 5 rings (SSSR count). The summed E-state index contributed by atoms with van der Waals surface area (Å²) in [7, 11) is 0. The number of hydrogen-bond acceptors (Lipinski definition) is 4. The van der Waals surface area contributed by atoms with Crippen molar-refractivity contribution in [1.82, 2.24) is 4.98 Å². The lowest BCUT2D eigenvalue weighted by Crippen LogP contribution is -2.20. The summed E-state index contributed by atoms with van der Waals surface area (Å²) in [5.74, 6) is 0. The van der Waals surface area contributed by atoms with Gasteiger partial charge in [0.1, 0.15) is 11.2 Å². The van der Waals surface area contributed by atoms with Crippen molar-refractivity contribution in [3.05, 3.63) is 96.1 Å². The minimum Gasteiger partial charge on any atom is -0.366 e. The molecule has 0 fully saturated rings. The van der Waals surface area contributed by atoms with Crippen molar-refractivity contribution < 1.29 is 0 Å². The summed E-state index contributed by atoms with van der Waals surface area (Å²) >= 11 is 1.73. The Morgan fingerprint density at radius 1 is 0.897 bits per heavy atom. The highest BCUT2D eigenvalue weighted by Gasteiger charge is 2.11. The third-order valence-electron chi connectivity index (χ3n) is 5.16. The van der Waals surface area contributed by atoms with Gasteiger partial charge in [-0.05, 0) is 65.2 Å². The van der Waals surface area contributed by atoms with Crippen LogP contribution in [0.15, 0.2) is 84.9 Å². The molecule has 0 saturated carbocycles. The van der Waals surface area contributed by atoms with Crippen molar-refractivity contribution in [2.24, 2.45) is 5.73 Å². The molecule has 142 valence electrons. The lowest BCUT2D eigenvalue weighted by Gasteiger charge is -2.18. The predicted molar refractivity (Wildman–Crippen MR) is 124 cm³/mol. The third-order valence-corrected chi connectivity index (χ3v) is 6.22. The normalized spacial score (nSPS) is 12.3. The minimum atomic E-state index is -0.280. The fraction of sp³-hybridized carbons (Fsp3) is 0.0800. The Hall–Kier alpha value is -3.21. The van der Waals surface area contributed by atoms with Gasteiger partial charge in [-0.2, -0.15) is 0 Å². The van der Waals surface area contributed by atoms with Crippen LogP contribution in [-0.4, -0.2) is 4.98 Å². The van der Waals surface area contributed by atoms with Crippen molar-refractivity contribution >= 4 is 38.0 Å². The van der Waals surface area contributed by atoms with Gasteiger partial charge in [0.15, 0.2) is 0 Å². The lowest BCUT2D eigenvalue weighted by molar-refractivity contribution is 0.845. The van der Waals surface area contributed by atoms with E-state index in [2.05, 4.69) is 85.0 Å². The summed E-state index contributed by atoms with van der Waals surface area (Å²) < 4.78 is 1.22. The molecule has 0 spiro atoms. The number of hydrogen-bond donors (Lipinski definition) is 2. The Labute approximate surface area is 173 Å². The number of aryl methyl sites for hydroxylation is 1. The van der Waals surface area contributed by atoms with Crippen molar-refractivity contribution in [3.8, 4) is 10.6 Å². The second-order valence-corrected chi connectivity index (χ2v) is 8.29. The van der Waals surface area contributed by atoms with Gasteiger partial charge in [0.25, 0.3) is 0 Å². The second-order valence-electron chi connectivity index (χ2n) is 7.26. The van der Waals surface area contributed by atoms with E-state index in [0.29, 0.717) is 0 Å². The first-order chi connectivity index (χ1) is 14.2. The second kappa shape index (κ2) is 7.32. The maximum atomic E-state index is 6.49. The van der Waals surface area contributed by atoms with E-state index in [1.807, 2.05) is 12.1 Å². The van der Waals surface area contributed by atoms with Crippen molar-refractivity contribution in [1.29, 1.82) is 0 Å². The maximum absolute atomic E-state index is 6.49. The van der Waals surface area contributed by atoms with E-state index in [0.717, 1.165) is 27.3 Å². The summed E-state index contributed by atoms with van der Waals surface area (Å²) in [6, 6.07) is 29.3. The van der Waals surface area contributed by atoms with Crippen LogP contribution in [0.25, 0.3) is 31.6 Å². The Morgan fingerprint density at radius 3 is 2.55 bits per heavy atom. The number of aromatic nitrogens is 1. The fourth-order valence-corrected chi connectivity index (χ4v) is 4.71. The highest BCUT2D eigenvalue weighted by molar-refractivity contribution is 7.21. The number of thiazole rings is 1. The lowest BCUT2D eigenvalue weighted by atomic mass is 10.0. The molecule has 0 aliphatic carbocycles. The predicted octanol–water partition coefficient (Wildman–Crippen LogP) is 6.49. The Bertz CT molecular complexity index is 1300. The molecular formula is C25H21N3S. The molecule has 5 aromatic rings. The van der Waals surface area contributed by atoms with Crippen LogP contribution in [0.4, 0.5) is 5.69 Å². The molecule has 0 bridgehead atoms. The highest BCUT2D eigenvalue weighted by atomic mass is 32.1. The van der Waals surface area contributed by atoms with E-state index in [4.69, 9.17) is 10.7 Å². The molecule has 0 aliphatic heterocycles. The number of rotatable bonds is 4. The molecule has 3 nitrogen and oxygen atoms in total. The molecule has 0 radical (unpaired) electrons. The Balaban J connectivity index is 1.39. The first kappa shape index (κ1) is 17.9. The summed E-state index contributed by atoms with van der Waals surface area (Å²) in [5, 5.41) is 6.84. The fourth-order valence-electron chi connectivity index (χ4n) is 3.64. The SMILES string of the molecule is Cc1ccc2nc(-c3ccc(NC(N)c4cccc5ccccc45)cc3)sc2c1. The van der Waals surface area contributed by atoms with Crippen LogP contribution in [0.2, 0.25) is 0 Å². The van der Waals surface area contributed by atoms with Crippen LogP contribution < -0.4 is 11.1 Å². The molecule has 0 saturated heterocycles. The average molecular weight is 396 g/mol. The average Bonchev–Trinajstić information content (AvgIpc) is 3.17. The number of nitrogens with one attached hydrogen (secondary N) is 1. The number of fused-ring (bicyclic) bond motifs is 2. The van der Waals surface area contributed by atoms with Gasteiger partial charge in [-0.25, -0.2) is 4.98 Å². The number of nitrogens with zero attached hydrogens (tertiary/aromatic N) is 1. The molecular weight excluding hydrogens is 374 g/mol. The first-order valence-electron chi connectivity index (χ1n) is 9.65. The number of anilines is 1. The molecule has 4 aromatic carbocycles. The van der Waals surface area contributed by atoms with Gasteiger partial charge in [0.2, 0.25) is 0 Å². The maximum Gasteiger partial charge on any atom is 0.124 e. The monoisotopic (exact) mass is 395 g/mol. The van der Waals surface area contributed by atoms with Crippen LogP contribution in [0.5, 0.6) is 0 Å². The molecule has 1 aromatic heterocycles. The number of nitrogens with two attached hydrogens (primary N) is 1. The highest BCUT2D eigenvalue weighted by Crippen LogP contribution is 2.32. The first-order valence-corrected chi connectivity index (χ1v) is 10.5. The standard InChI is InChI=1S/C25H21N3S/c1-16-9-14-22-23(15-16)29-25(28-22)18-10-12-19(13-11-18)27-24(26)21-8-4-6-17-5-2-3-7-20(17)21/h2-15,24,27H,26H2,1H3. The van der Waals surface area contributed by atoms with Gasteiger partial charge < -0.3 is 11.1 Å². The van der Waals surface area contributed by atoms with E-state index in [-0.39, 0.29) is 6.17 Å². The summed E-state index contributed by atoms with van der Waals surface area (Å²) in [4.78, 5) is 4.77. The van der Waals surface area contributed by atoms with E-state index in [1.165, 1.54) is 21.0 Å². The van der Waals surface area contributed by atoms with Crippen molar-refractivity contribution in [3.63, 3.8) is 0 Å². The molecule has 1 unspecified atom stereocenters. The van der Waals surface area contributed by atoms with Crippen molar-refractivity contribution in [2.75, 3.05) is 5.32 Å². The Kier molecular flexibility index (Phi) is 4.51. The molecule has 0 aliphatic rings. The molecule has 0 amide bonds. The molecule has 3 N–H and O–H groups in total. The van der Waals surface area contributed by atoms with E-state index in [1.54, 1.807) is 11.3 Å².